The molecule has 0 aliphatic heterocycles. The van der Waals surface area contributed by atoms with Crippen LogP contribution in [0.2, 0.25) is 0 Å². The first kappa shape index (κ1) is 9.07. The number of anilines is 1. The Labute approximate surface area is 84.4 Å². The molecule has 0 aliphatic rings. The number of nitrogens with two attached hydrogens (primary N) is 1. The van der Waals surface area contributed by atoms with Crippen molar-refractivity contribution < 1.29 is 0 Å². The van der Waals surface area contributed by atoms with Crippen molar-refractivity contribution in [3.05, 3.63) is 5.82 Å². The van der Waals surface area contributed by atoms with Crippen molar-refractivity contribution in [3.63, 3.8) is 0 Å². The summed E-state index contributed by atoms with van der Waals surface area (Å²) < 4.78 is 0. The summed E-state index contributed by atoms with van der Waals surface area (Å²) in [6.07, 6.45) is 1.88. The van der Waals surface area contributed by atoms with Crippen LogP contribution in [0.3, 0.4) is 0 Å². The number of aryl methyl sites for hydroxylation is 1. The summed E-state index contributed by atoms with van der Waals surface area (Å²) >= 11 is 1.41. The number of nitrogens with zero attached hydrogens (tertiary/aromatic N) is 5. The average Bonchev–Trinajstić information content (AvgIpc) is 2.16. The van der Waals surface area contributed by atoms with Gasteiger partial charge in [-0.15, -0.1) is 10.2 Å². The summed E-state index contributed by atoms with van der Waals surface area (Å²) in [5.74, 6) is 0.905. The maximum Gasteiger partial charge on any atom is 0.210 e. The predicted molar refractivity (Wildman–Crippen MR) is 53.9 cm³/mol. The van der Waals surface area contributed by atoms with Crippen LogP contribution in [0.4, 0.5) is 5.82 Å². The number of rotatable bonds is 1. The van der Waals surface area contributed by atoms with Crippen molar-refractivity contribution in [2.75, 3.05) is 12.0 Å². The van der Waals surface area contributed by atoms with Crippen molar-refractivity contribution in [2.45, 2.75) is 12.1 Å². The van der Waals surface area contributed by atoms with E-state index in [0.717, 1.165) is 0 Å². The third kappa shape index (κ3) is 1.46. The van der Waals surface area contributed by atoms with Crippen molar-refractivity contribution >= 4 is 28.7 Å². The number of hydrogen-bond acceptors (Lipinski definition) is 7. The van der Waals surface area contributed by atoms with Crippen LogP contribution in [0.15, 0.2) is 5.16 Å². The highest BCUT2D eigenvalue weighted by molar-refractivity contribution is 7.98. The Bertz CT molecular complexity index is 485. The number of nitrogen functional groups attached to an aromatic ring is 1. The monoisotopic (exact) mass is 208 g/mol. The number of fused-ring (bicyclic) bond motifs is 1. The fourth-order valence-electron chi connectivity index (χ4n) is 1.04. The van der Waals surface area contributed by atoms with E-state index in [9.17, 15) is 0 Å². The van der Waals surface area contributed by atoms with Crippen LogP contribution >= 0.6 is 11.8 Å². The molecule has 14 heavy (non-hydrogen) atoms. The minimum Gasteiger partial charge on any atom is -0.382 e. The molecule has 0 amide bonds. The number of aromatic nitrogens is 5. The maximum atomic E-state index is 5.65. The van der Waals surface area contributed by atoms with Gasteiger partial charge in [0.2, 0.25) is 5.16 Å². The highest BCUT2D eigenvalue weighted by atomic mass is 32.2. The molecule has 72 valence electrons. The van der Waals surface area contributed by atoms with Crippen molar-refractivity contribution in [2.24, 2.45) is 0 Å². The Morgan fingerprint density at radius 3 is 2.64 bits per heavy atom. The molecular weight excluding hydrogens is 200 g/mol. The molecule has 0 radical (unpaired) electrons. The molecule has 0 bridgehead atoms. The fourth-order valence-corrected chi connectivity index (χ4v) is 1.34. The van der Waals surface area contributed by atoms with E-state index in [2.05, 4.69) is 25.1 Å². The third-order valence-electron chi connectivity index (χ3n) is 1.62. The molecule has 2 aromatic rings. The van der Waals surface area contributed by atoms with Crippen LogP contribution in [0.25, 0.3) is 11.2 Å². The van der Waals surface area contributed by atoms with Gasteiger partial charge in [-0.1, -0.05) is 11.8 Å². The van der Waals surface area contributed by atoms with Gasteiger partial charge < -0.3 is 5.73 Å². The molecule has 0 unspecified atom stereocenters. The molecular formula is C7H8N6S. The molecule has 0 atom stereocenters. The van der Waals surface area contributed by atoms with Crippen LogP contribution in [0.5, 0.6) is 0 Å². The standard InChI is InChI=1S/C7H8N6S/c1-3-9-5(8)4-6(10-3)11-7(14-2)13-12-4/h1-2H3,(H2,8,9,10,11,13). The fraction of sp³-hybridized carbons (Fsp3) is 0.286. The molecule has 2 N–H and O–H groups in total. The molecule has 0 fully saturated rings. The smallest absolute Gasteiger partial charge is 0.210 e. The summed E-state index contributed by atoms with van der Waals surface area (Å²) in [6.45, 7) is 1.76. The van der Waals surface area contributed by atoms with E-state index in [1.54, 1.807) is 6.92 Å². The van der Waals surface area contributed by atoms with Gasteiger partial charge in [-0.2, -0.15) is 4.98 Å². The second kappa shape index (κ2) is 3.33. The van der Waals surface area contributed by atoms with Crippen LogP contribution in [-0.4, -0.2) is 31.4 Å². The van der Waals surface area contributed by atoms with Crippen LogP contribution in [0.1, 0.15) is 5.82 Å². The summed E-state index contributed by atoms with van der Waals surface area (Å²) in [4.78, 5) is 12.3. The second-order valence-corrected chi connectivity index (χ2v) is 3.40. The van der Waals surface area contributed by atoms with E-state index in [1.165, 1.54) is 11.8 Å². The Morgan fingerprint density at radius 2 is 1.93 bits per heavy atom. The predicted octanol–water partition coefficient (Wildman–Crippen LogP) is 0.427. The quantitative estimate of drug-likeness (QED) is 0.679. The minimum absolute atomic E-state index is 0.320. The number of thioether (sulfide) groups is 1. The first-order valence-corrected chi connectivity index (χ1v) is 5.11. The van der Waals surface area contributed by atoms with Gasteiger partial charge in [0.25, 0.3) is 0 Å². The third-order valence-corrected chi connectivity index (χ3v) is 2.16. The lowest BCUT2D eigenvalue weighted by molar-refractivity contribution is 0.865. The van der Waals surface area contributed by atoms with E-state index in [0.29, 0.717) is 28.0 Å². The summed E-state index contributed by atoms with van der Waals surface area (Å²) in [5, 5.41) is 8.35. The second-order valence-electron chi connectivity index (χ2n) is 2.63. The van der Waals surface area contributed by atoms with E-state index in [-0.39, 0.29) is 0 Å². The minimum atomic E-state index is 0.320. The topological polar surface area (TPSA) is 90.5 Å². The Kier molecular flexibility index (Phi) is 2.16. The molecule has 2 rings (SSSR count). The van der Waals surface area contributed by atoms with E-state index in [1.807, 2.05) is 6.26 Å². The molecule has 0 aromatic carbocycles. The van der Waals surface area contributed by atoms with Gasteiger partial charge in [0, 0.05) is 0 Å². The SMILES string of the molecule is CSc1nnc2c(N)nc(C)nc2n1. The molecule has 7 heteroatoms. The van der Waals surface area contributed by atoms with Gasteiger partial charge in [-0.25, -0.2) is 9.97 Å². The zero-order valence-corrected chi connectivity index (χ0v) is 8.54. The molecule has 2 heterocycles. The van der Waals surface area contributed by atoms with Gasteiger partial charge in [-0.05, 0) is 13.2 Å². The van der Waals surface area contributed by atoms with Gasteiger partial charge >= 0.3 is 0 Å². The average molecular weight is 208 g/mol. The molecule has 2 aromatic heterocycles. The van der Waals surface area contributed by atoms with Crippen molar-refractivity contribution in [1.82, 2.24) is 25.1 Å². The van der Waals surface area contributed by atoms with Crippen molar-refractivity contribution in [1.29, 1.82) is 0 Å². The highest BCUT2D eigenvalue weighted by Gasteiger charge is 2.07. The highest BCUT2D eigenvalue weighted by Crippen LogP contribution is 2.14. The molecule has 0 spiro atoms. The lowest BCUT2D eigenvalue weighted by atomic mass is 10.5. The lowest BCUT2D eigenvalue weighted by Crippen LogP contribution is -2.02. The van der Waals surface area contributed by atoms with E-state index >= 15 is 0 Å². The summed E-state index contributed by atoms with van der Waals surface area (Å²) in [5.41, 5.74) is 6.60. The van der Waals surface area contributed by atoms with Crippen molar-refractivity contribution in [3.8, 4) is 0 Å². The Morgan fingerprint density at radius 1 is 1.14 bits per heavy atom. The molecule has 6 nitrogen and oxygen atoms in total. The van der Waals surface area contributed by atoms with Gasteiger partial charge in [0.05, 0.1) is 0 Å². The molecule has 0 saturated carbocycles. The lowest BCUT2D eigenvalue weighted by Gasteiger charge is -2.00. The summed E-state index contributed by atoms with van der Waals surface area (Å²) in [7, 11) is 0. The van der Waals surface area contributed by atoms with Crippen LogP contribution < -0.4 is 5.73 Å². The summed E-state index contributed by atoms with van der Waals surface area (Å²) in [6, 6.07) is 0. The first-order valence-electron chi connectivity index (χ1n) is 3.89. The zero-order chi connectivity index (χ0) is 10.1. The zero-order valence-electron chi connectivity index (χ0n) is 7.72. The van der Waals surface area contributed by atoms with Gasteiger partial charge in [0.1, 0.15) is 5.82 Å². The Balaban J connectivity index is 2.75. The molecule has 0 aliphatic carbocycles. The Hall–Kier alpha value is -1.50. The van der Waals surface area contributed by atoms with E-state index < -0.39 is 0 Å². The first-order chi connectivity index (χ1) is 6.70. The molecule has 0 saturated heterocycles. The normalized spacial score (nSPS) is 10.7. The number of hydrogen-bond donors (Lipinski definition) is 1. The van der Waals surface area contributed by atoms with Gasteiger partial charge in [0.15, 0.2) is 17.0 Å². The van der Waals surface area contributed by atoms with Crippen LogP contribution in [0, 0.1) is 6.92 Å². The van der Waals surface area contributed by atoms with Gasteiger partial charge in [-0.3, -0.25) is 0 Å². The largest absolute Gasteiger partial charge is 0.382 e. The van der Waals surface area contributed by atoms with E-state index in [4.69, 9.17) is 5.73 Å². The van der Waals surface area contributed by atoms with Crippen LogP contribution in [-0.2, 0) is 0 Å². The maximum absolute atomic E-state index is 5.65.